The van der Waals surface area contributed by atoms with Gasteiger partial charge in [0.05, 0.1) is 18.1 Å². The van der Waals surface area contributed by atoms with Gasteiger partial charge in [-0.25, -0.2) is 0 Å². The summed E-state index contributed by atoms with van der Waals surface area (Å²) in [7, 11) is 1.81. The fourth-order valence-electron chi connectivity index (χ4n) is 0.745. The molecule has 58 valence electrons. The molecule has 0 unspecified atom stereocenters. The summed E-state index contributed by atoms with van der Waals surface area (Å²) in [6.07, 6.45) is 4.66. The Morgan fingerprint density at radius 3 is 3.00 bits per heavy atom. The Labute approximate surface area is 65.0 Å². The number of rotatable bonds is 2. The summed E-state index contributed by atoms with van der Waals surface area (Å²) < 4.78 is 1.66. The van der Waals surface area contributed by atoms with Crippen molar-refractivity contribution in [2.24, 2.45) is 12.0 Å². The normalized spacial score (nSPS) is 10.6. The van der Waals surface area contributed by atoms with E-state index >= 15 is 0 Å². The van der Waals surface area contributed by atoms with E-state index in [0.29, 0.717) is 5.69 Å². The van der Waals surface area contributed by atoms with Gasteiger partial charge in [-0.1, -0.05) is 6.58 Å². The third-order valence-electron chi connectivity index (χ3n) is 1.32. The molecule has 0 aromatic carbocycles. The fourth-order valence-corrected chi connectivity index (χ4v) is 0.745. The van der Waals surface area contributed by atoms with E-state index < -0.39 is 0 Å². The zero-order valence-corrected chi connectivity index (χ0v) is 6.36. The van der Waals surface area contributed by atoms with E-state index in [1.54, 1.807) is 24.1 Å². The Hall–Kier alpha value is -1.58. The molecule has 0 amide bonds. The lowest BCUT2D eigenvalue weighted by molar-refractivity contribution is 0.762. The molecule has 2 N–H and O–H groups in total. The van der Waals surface area contributed by atoms with E-state index in [9.17, 15) is 0 Å². The first-order valence-corrected chi connectivity index (χ1v) is 3.17. The molecule has 0 spiro atoms. The predicted molar refractivity (Wildman–Crippen MR) is 45.4 cm³/mol. The van der Waals surface area contributed by atoms with Gasteiger partial charge in [-0.2, -0.15) is 5.10 Å². The van der Waals surface area contributed by atoms with Crippen LogP contribution in [0.2, 0.25) is 0 Å². The minimum absolute atomic E-state index is 0.623. The van der Waals surface area contributed by atoms with Crippen molar-refractivity contribution >= 4 is 11.9 Å². The molecule has 4 nitrogen and oxygen atoms in total. The van der Waals surface area contributed by atoms with Crippen molar-refractivity contribution in [3.8, 4) is 0 Å². The highest BCUT2D eigenvalue weighted by atomic mass is 15.3. The minimum Gasteiger partial charge on any atom is -0.396 e. The van der Waals surface area contributed by atoms with E-state index in [0.717, 1.165) is 5.69 Å². The number of hydrogen-bond donors (Lipinski definition) is 1. The number of aromatic nitrogens is 2. The van der Waals surface area contributed by atoms with Crippen molar-refractivity contribution in [2.45, 2.75) is 0 Å². The second-order valence-corrected chi connectivity index (χ2v) is 2.07. The number of aryl methyl sites for hydroxylation is 1. The van der Waals surface area contributed by atoms with Crippen LogP contribution in [0.4, 0.5) is 5.69 Å². The van der Waals surface area contributed by atoms with E-state index in [2.05, 4.69) is 16.7 Å². The SMILES string of the molecule is C=C/N=C\c1c(N)cnn1C. The monoisotopic (exact) mass is 150 g/mol. The lowest BCUT2D eigenvalue weighted by Gasteiger charge is -1.93. The fraction of sp³-hybridized carbons (Fsp3) is 0.143. The van der Waals surface area contributed by atoms with Crippen molar-refractivity contribution in [1.82, 2.24) is 9.78 Å². The van der Waals surface area contributed by atoms with E-state index in [4.69, 9.17) is 5.73 Å². The standard InChI is InChI=1S/C7H10N4/c1-3-9-5-7-6(8)4-10-11(7)2/h3-5H,1,8H2,2H3/b9-5-. The summed E-state index contributed by atoms with van der Waals surface area (Å²) in [6.45, 7) is 3.45. The highest BCUT2D eigenvalue weighted by molar-refractivity contribution is 5.84. The molecular weight excluding hydrogens is 140 g/mol. The maximum Gasteiger partial charge on any atom is 0.102 e. The quantitative estimate of drug-likeness (QED) is 0.626. The average molecular weight is 150 g/mol. The van der Waals surface area contributed by atoms with E-state index in [1.165, 1.54) is 6.20 Å². The Bertz CT molecular complexity index is 265. The highest BCUT2D eigenvalue weighted by Gasteiger charge is 1.99. The topological polar surface area (TPSA) is 56.2 Å². The Morgan fingerprint density at radius 2 is 2.55 bits per heavy atom. The Balaban J connectivity index is 3.00. The first kappa shape index (κ1) is 7.53. The summed E-state index contributed by atoms with van der Waals surface area (Å²) in [5.41, 5.74) is 6.99. The van der Waals surface area contributed by atoms with Gasteiger partial charge in [-0.15, -0.1) is 0 Å². The van der Waals surface area contributed by atoms with Crippen LogP contribution in [0.15, 0.2) is 24.0 Å². The molecule has 1 aromatic rings. The van der Waals surface area contributed by atoms with Gasteiger partial charge in [0.1, 0.15) is 5.69 Å². The number of nitrogens with zero attached hydrogens (tertiary/aromatic N) is 3. The Kier molecular flexibility index (Phi) is 2.06. The van der Waals surface area contributed by atoms with Gasteiger partial charge in [0, 0.05) is 13.2 Å². The summed E-state index contributed by atoms with van der Waals surface area (Å²) in [4.78, 5) is 3.83. The average Bonchev–Trinajstić information content (AvgIpc) is 2.29. The molecule has 1 aromatic heterocycles. The molecule has 0 saturated carbocycles. The molecule has 0 aliphatic heterocycles. The molecular formula is C7H10N4. The van der Waals surface area contributed by atoms with Crippen molar-refractivity contribution in [3.05, 3.63) is 24.7 Å². The number of anilines is 1. The van der Waals surface area contributed by atoms with Gasteiger partial charge in [-0.05, 0) is 0 Å². The molecule has 1 rings (SSSR count). The minimum atomic E-state index is 0.623. The number of hydrogen-bond acceptors (Lipinski definition) is 3. The van der Waals surface area contributed by atoms with Gasteiger partial charge in [0.2, 0.25) is 0 Å². The van der Waals surface area contributed by atoms with Crippen LogP contribution in [0.5, 0.6) is 0 Å². The van der Waals surface area contributed by atoms with Crippen LogP contribution in [0.1, 0.15) is 5.69 Å². The molecule has 0 fully saturated rings. The third-order valence-corrected chi connectivity index (χ3v) is 1.32. The molecule has 11 heavy (non-hydrogen) atoms. The zero-order valence-electron chi connectivity index (χ0n) is 6.36. The highest BCUT2D eigenvalue weighted by Crippen LogP contribution is 2.05. The number of nitrogens with two attached hydrogens (primary N) is 1. The molecule has 0 aliphatic carbocycles. The largest absolute Gasteiger partial charge is 0.396 e. The first-order valence-electron chi connectivity index (χ1n) is 3.17. The summed E-state index contributed by atoms with van der Waals surface area (Å²) in [5.74, 6) is 0. The van der Waals surface area contributed by atoms with Crippen molar-refractivity contribution in [2.75, 3.05) is 5.73 Å². The van der Waals surface area contributed by atoms with Crippen LogP contribution in [0.3, 0.4) is 0 Å². The van der Waals surface area contributed by atoms with Gasteiger partial charge in [-0.3, -0.25) is 9.67 Å². The zero-order chi connectivity index (χ0) is 8.27. The van der Waals surface area contributed by atoms with Crippen LogP contribution >= 0.6 is 0 Å². The predicted octanol–water partition coefficient (Wildman–Crippen LogP) is 0.565. The molecule has 1 heterocycles. The molecule has 4 heteroatoms. The lowest BCUT2D eigenvalue weighted by Crippen LogP contribution is -1.98. The van der Waals surface area contributed by atoms with Crippen molar-refractivity contribution in [3.63, 3.8) is 0 Å². The van der Waals surface area contributed by atoms with Crippen molar-refractivity contribution in [1.29, 1.82) is 0 Å². The van der Waals surface area contributed by atoms with Crippen molar-refractivity contribution < 1.29 is 0 Å². The maximum atomic E-state index is 5.57. The van der Waals surface area contributed by atoms with Crippen LogP contribution in [-0.4, -0.2) is 16.0 Å². The second-order valence-electron chi connectivity index (χ2n) is 2.07. The first-order chi connectivity index (χ1) is 5.25. The van der Waals surface area contributed by atoms with E-state index in [1.807, 2.05) is 0 Å². The molecule has 0 aliphatic rings. The smallest absolute Gasteiger partial charge is 0.102 e. The third kappa shape index (κ3) is 1.46. The molecule has 0 atom stereocenters. The second kappa shape index (κ2) is 3.01. The number of aliphatic imine (C=N–C) groups is 1. The van der Waals surface area contributed by atoms with Gasteiger partial charge < -0.3 is 5.73 Å². The molecule has 0 bridgehead atoms. The van der Waals surface area contributed by atoms with Crippen LogP contribution in [-0.2, 0) is 7.05 Å². The van der Waals surface area contributed by atoms with Gasteiger partial charge in [0.15, 0.2) is 0 Å². The summed E-state index contributed by atoms with van der Waals surface area (Å²) in [5, 5.41) is 3.94. The maximum absolute atomic E-state index is 5.57. The van der Waals surface area contributed by atoms with Crippen LogP contribution < -0.4 is 5.73 Å². The van der Waals surface area contributed by atoms with Gasteiger partial charge >= 0.3 is 0 Å². The molecule has 0 saturated heterocycles. The number of nitrogen functional groups attached to an aromatic ring is 1. The molecule has 0 radical (unpaired) electrons. The summed E-state index contributed by atoms with van der Waals surface area (Å²) in [6, 6.07) is 0. The summed E-state index contributed by atoms with van der Waals surface area (Å²) >= 11 is 0. The van der Waals surface area contributed by atoms with Crippen LogP contribution in [0.25, 0.3) is 0 Å². The van der Waals surface area contributed by atoms with E-state index in [-0.39, 0.29) is 0 Å². The lowest BCUT2D eigenvalue weighted by atomic mass is 10.4. The van der Waals surface area contributed by atoms with Gasteiger partial charge in [0.25, 0.3) is 0 Å². The van der Waals surface area contributed by atoms with Crippen LogP contribution in [0, 0.1) is 0 Å². The Morgan fingerprint density at radius 1 is 1.82 bits per heavy atom.